The Bertz CT molecular complexity index is 457. The van der Waals surface area contributed by atoms with Gasteiger partial charge in [-0.3, -0.25) is 0 Å². The zero-order valence-electron chi connectivity index (χ0n) is 12.5. The first kappa shape index (κ1) is 15.0. The predicted molar refractivity (Wildman–Crippen MR) is 80.4 cm³/mol. The number of aromatic nitrogens is 2. The number of nitrogens with one attached hydrogen (secondary N) is 2. The van der Waals surface area contributed by atoms with Crippen LogP contribution in [0.5, 0.6) is 0 Å². The van der Waals surface area contributed by atoms with Gasteiger partial charge in [-0.15, -0.1) is 0 Å². The molecule has 2 unspecified atom stereocenters. The fraction of sp³-hybridized carbons (Fsp3) is 0.714. The monoisotopic (exact) mass is 279 g/mol. The number of nitrogen functional groups attached to an aromatic ring is 1. The molecule has 0 aliphatic heterocycles. The van der Waals surface area contributed by atoms with Crippen LogP contribution in [0.1, 0.15) is 45.9 Å². The third kappa shape index (κ3) is 3.58. The van der Waals surface area contributed by atoms with Gasteiger partial charge in [-0.25, -0.2) is 15.8 Å². The molecule has 1 aliphatic rings. The normalized spacial score (nSPS) is 22.9. The molecule has 0 bridgehead atoms. The molecule has 2 rings (SSSR count). The van der Waals surface area contributed by atoms with Crippen molar-refractivity contribution in [3.8, 4) is 0 Å². The maximum atomic E-state index is 9.85. The summed E-state index contributed by atoms with van der Waals surface area (Å²) in [4.78, 5) is 8.92. The fourth-order valence-electron chi connectivity index (χ4n) is 2.44. The smallest absolute Gasteiger partial charge is 0.145 e. The fourth-order valence-corrected chi connectivity index (χ4v) is 2.44. The van der Waals surface area contributed by atoms with E-state index in [1.807, 2.05) is 0 Å². The van der Waals surface area contributed by atoms with E-state index in [2.05, 4.69) is 41.5 Å². The van der Waals surface area contributed by atoms with Gasteiger partial charge in [0.15, 0.2) is 0 Å². The SMILES string of the molecule is CC(C)(C)c1nc(NN)cc(NCC2CCCC2O)n1. The molecular weight excluding hydrogens is 254 g/mol. The summed E-state index contributed by atoms with van der Waals surface area (Å²) in [6.45, 7) is 6.92. The molecule has 1 saturated carbocycles. The van der Waals surface area contributed by atoms with Gasteiger partial charge < -0.3 is 15.8 Å². The van der Waals surface area contributed by atoms with E-state index in [0.29, 0.717) is 11.7 Å². The molecule has 0 saturated heterocycles. The minimum atomic E-state index is -0.196. The van der Waals surface area contributed by atoms with Crippen molar-refractivity contribution in [2.45, 2.75) is 51.6 Å². The number of hydrazine groups is 1. The highest BCUT2D eigenvalue weighted by molar-refractivity contribution is 5.47. The van der Waals surface area contributed by atoms with E-state index >= 15 is 0 Å². The van der Waals surface area contributed by atoms with Crippen molar-refractivity contribution >= 4 is 11.6 Å². The Morgan fingerprint density at radius 3 is 2.55 bits per heavy atom. The summed E-state index contributed by atoms with van der Waals surface area (Å²) in [5.41, 5.74) is 2.43. The highest BCUT2D eigenvalue weighted by Gasteiger charge is 2.25. The van der Waals surface area contributed by atoms with Crippen molar-refractivity contribution in [3.05, 3.63) is 11.9 Å². The predicted octanol–water partition coefficient (Wildman–Crippen LogP) is 1.63. The van der Waals surface area contributed by atoms with E-state index in [4.69, 9.17) is 5.84 Å². The molecule has 1 aromatic rings. The van der Waals surface area contributed by atoms with Crippen LogP contribution in [-0.4, -0.2) is 27.7 Å². The van der Waals surface area contributed by atoms with Crippen LogP contribution < -0.4 is 16.6 Å². The lowest BCUT2D eigenvalue weighted by Gasteiger charge is -2.20. The van der Waals surface area contributed by atoms with Gasteiger partial charge in [0.1, 0.15) is 17.5 Å². The van der Waals surface area contributed by atoms with Gasteiger partial charge in [0.2, 0.25) is 0 Å². The first-order valence-corrected chi connectivity index (χ1v) is 7.18. The van der Waals surface area contributed by atoms with Crippen LogP contribution in [0.2, 0.25) is 0 Å². The lowest BCUT2D eigenvalue weighted by molar-refractivity contribution is 0.138. The molecule has 1 heterocycles. The summed E-state index contributed by atoms with van der Waals surface area (Å²) < 4.78 is 0. The number of rotatable bonds is 4. The second kappa shape index (κ2) is 5.93. The average Bonchev–Trinajstić information content (AvgIpc) is 2.80. The Morgan fingerprint density at radius 1 is 1.30 bits per heavy atom. The Hall–Kier alpha value is -1.40. The molecule has 0 spiro atoms. The van der Waals surface area contributed by atoms with Gasteiger partial charge in [-0.2, -0.15) is 0 Å². The summed E-state index contributed by atoms with van der Waals surface area (Å²) in [7, 11) is 0. The second-order valence-electron chi connectivity index (χ2n) is 6.50. The first-order chi connectivity index (χ1) is 9.40. The van der Waals surface area contributed by atoms with Gasteiger partial charge in [0, 0.05) is 23.9 Å². The van der Waals surface area contributed by atoms with Crippen LogP contribution in [0.25, 0.3) is 0 Å². The zero-order chi connectivity index (χ0) is 14.8. The van der Waals surface area contributed by atoms with Crippen molar-refractivity contribution in [1.82, 2.24) is 9.97 Å². The highest BCUT2D eigenvalue weighted by atomic mass is 16.3. The van der Waals surface area contributed by atoms with E-state index in [-0.39, 0.29) is 11.5 Å². The topological polar surface area (TPSA) is 96.1 Å². The number of nitrogens with two attached hydrogens (primary N) is 1. The number of aliphatic hydroxyl groups excluding tert-OH is 1. The Morgan fingerprint density at radius 2 is 2.00 bits per heavy atom. The molecular formula is C14H25N5O. The maximum Gasteiger partial charge on any atom is 0.145 e. The van der Waals surface area contributed by atoms with Gasteiger partial charge in [-0.05, 0) is 12.8 Å². The van der Waals surface area contributed by atoms with Crippen LogP contribution in [0.4, 0.5) is 11.6 Å². The summed E-state index contributed by atoms with van der Waals surface area (Å²) >= 11 is 0. The van der Waals surface area contributed by atoms with Crippen molar-refractivity contribution in [1.29, 1.82) is 0 Å². The minimum Gasteiger partial charge on any atom is -0.393 e. The average molecular weight is 279 g/mol. The van der Waals surface area contributed by atoms with E-state index in [1.165, 1.54) is 0 Å². The third-order valence-electron chi connectivity index (χ3n) is 3.71. The van der Waals surface area contributed by atoms with Crippen molar-refractivity contribution in [3.63, 3.8) is 0 Å². The number of hydrogen-bond donors (Lipinski definition) is 4. The molecule has 1 fully saturated rings. The number of aliphatic hydroxyl groups is 1. The van der Waals surface area contributed by atoms with Crippen LogP contribution >= 0.6 is 0 Å². The summed E-state index contributed by atoms with van der Waals surface area (Å²) in [5, 5.41) is 13.1. The van der Waals surface area contributed by atoms with Crippen LogP contribution in [-0.2, 0) is 5.41 Å². The summed E-state index contributed by atoms with van der Waals surface area (Å²) in [6, 6.07) is 1.79. The second-order valence-corrected chi connectivity index (χ2v) is 6.50. The molecule has 112 valence electrons. The van der Waals surface area contributed by atoms with Gasteiger partial charge >= 0.3 is 0 Å². The lowest BCUT2D eigenvalue weighted by Crippen LogP contribution is -2.24. The molecule has 6 nitrogen and oxygen atoms in total. The standard InChI is InChI=1S/C14H25N5O/c1-14(2,3)13-17-11(7-12(18-13)19-15)16-8-9-5-4-6-10(9)20/h7,9-10,20H,4-6,8,15H2,1-3H3,(H2,16,17,18,19). The molecule has 0 aromatic carbocycles. The molecule has 1 aliphatic carbocycles. The highest BCUT2D eigenvalue weighted by Crippen LogP contribution is 2.26. The van der Waals surface area contributed by atoms with E-state index in [9.17, 15) is 5.11 Å². The van der Waals surface area contributed by atoms with Crippen molar-refractivity contribution < 1.29 is 5.11 Å². The molecule has 0 radical (unpaired) electrons. The summed E-state index contributed by atoms with van der Waals surface area (Å²) in [6.07, 6.45) is 2.87. The van der Waals surface area contributed by atoms with E-state index in [0.717, 1.165) is 37.4 Å². The minimum absolute atomic E-state index is 0.143. The number of hydrogen-bond acceptors (Lipinski definition) is 6. The molecule has 5 N–H and O–H groups in total. The molecule has 0 amide bonds. The van der Waals surface area contributed by atoms with Crippen LogP contribution in [0, 0.1) is 5.92 Å². The van der Waals surface area contributed by atoms with E-state index in [1.54, 1.807) is 6.07 Å². The Labute approximate surface area is 120 Å². The van der Waals surface area contributed by atoms with Crippen molar-refractivity contribution in [2.24, 2.45) is 11.8 Å². The summed E-state index contributed by atoms with van der Waals surface area (Å²) in [5.74, 6) is 7.85. The van der Waals surface area contributed by atoms with Crippen LogP contribution in [0.15, 0.2) is 6.07 Å². The van der Waals surface area contributed by atoms with Gasteiger partial charge in [0.25, 0.3) is 0 Å². The quantitative estimate of drug-likeness (QED) is 0.494. The molecule has 2 atom stereocenters. The molecule has 1 aromatic heterocycles. The van der Waals surface area contributed by atoms with Gasteiger partial charge in [0.05, 0.1) is 6.10 Å². The van der Waals surface area contributed by atoms with Crippen LogP contribution in [0.3, 0.4) is 0 Å². The van der Waals surface area contributed by atoms with E-state index < -0.39 is 0 Å². The lowest BCUT2D eigenvalue weighted by atomic mass is 9.96. The van der Waals surface area contributed by atoms with Gasteiger partial charge in [-0.1, -0.05) is 27.2 Å². The maximum absolute atomic E-state index is 9.85. The zero-order valence-corrected chi connectivity index (χ0v) is 12.5. The largest absolute Gasteiger partial charge is 0.393 e. The Balaban J connectivity index is 2.10. The Kier molecular flexibility index (Phi) is 4.45. The molecule has 20 heavy (non-hydrogen) atoms. The number of nitrogens with zero attached hydrogens (tertiary/aromatic N) is 2. The van der Waals surface area contributed by atoms with Crippen molar-refractivity contribution in [2.75, 3.05) is 17.3 Å². The molecule has 6 heteroatoms. The third-order valence-corrected chi connectivity index (χ3v) is 3.71. The number of anilines is 2. The first-order valence-electron chi connectivity index (χ1n) is 7.18.